The van der Waals surface area contributed by atoms with Crippen LogP contribution in [0.4, 0.5) is 8.78 Å². The molecule has 0 saturated carbocycles. The van der Waals surface area contributed by atoms with Crippen molar-refractivity contribution in [2.45, 2.75) is 18.0 Å². The second-order valence-corrected chi connectivity index (χ2v) is 8.00. The maximum Gasteiger partial charge on any atom is 0.246 e. The molecule has 0 spiro atoms. The highest BCUT2D eigenvalue weighted by molar-refractivity contribution is 7.89. The normalized spacial score (nSPS) is 12.0. The third-order valence-electron chi connectivity index (χ3n) is 3.36. The Morgan fingerprint density at radius 1 is 1.12 bits per heavy atom. The van der Waals surface area contributed by atoms with E-state index in [1.165, 1.54) is 23.9 Å². The summed E-state index contributed by atoms with van der Waals surface area (Å²) in [6.45, 7) is 0.0494. The predicted molar refractivity (Wildman–Crippen MR) is 85.8 cm³/mol. The SMILES string of the molecule is O=S(=O)(c1cc(F)ccc1F)N(Cc1ccoc1)Cc1cccs1. The van der Waals surface area contributed by atoms with Gasteiger partial charge in [-0.05, 0) is 35.7 Å². The minimum Gasteiger partial charge on any atom is -0.472 e. The highest BCUT2D eigenvalue weighted by atomic mass is 32.2. The topological polar surface area (TPSA) is 50.5 Å². The number of nitrogens with zero attached hydrogens (tertiary/aromatic N) is 1. The van der Waals surface area contributed by atoms with Crippen molar-refractivity contribution in [3.63, 3.8) is 0 Å². The molecule has 3 rings (SSSR count). The van der Waals surface area contributed by atoms with Crippen molar-refractivity contribution in [2.24, 2.45) is 0 Å². The van der Waals surface area contributed by atoms with E-state index in [1.807, 2.05) is 5.38 Å². The van der Waals surface area contributed by atoms with Gasteiger partial charge < -0.3 is 4.42 Å². The molecule has 0 bridgehead atoms. The van der Waals surface area contributed by atoms with Gasteiger partial charge in [0, 0.05) is 23.5 Å². The average molecular weight is 369 g/mol. The molecule has 126 valence electrons. The van der Waals surface area contributed by atoms with Crippen molar-refractivity contribution in [1.82, 2.24) is 4.31 Å². The van der Waals surface area contributed by atoms with Crippen molar-refractivity contribution < 1.29 is 21.6 Å². The molecule has 0 saturated heterocycles. The van der Waals surface area contributed by atoms with Crippen LogP contribution < -0.4 is 0 Å². The molecule has 8 heteroatoms. The van der Waals surface area contributed by atoms with Crippen LogP contribution in [0.2, 0.25) is 0 Å². The van der Waals surface area contributed by atoms with Crippen LogP contribution in [0.1, 0.15) is 10.4 Å². The third kappa shape index (κ3) is 3.55. The fourth-order valence-electron chi connectivity index (χ4n) is 2.20. The molecule has 0 radical (unpaired) electrons. The number of benzene rings is 1. The van der Waals surface area contributed by atoms with Crippen molar-refractivity contribution >= 4 is 21.4 Å². The molecule has 3 aromatic rings. The van der Waals surface area contributed by atoms with E-state index in [9.17, 15) is 17.2 Å². The zero-order valence-electron chi connectivity index (χ0n) is 12.4. The fourth-order valence-corrected chi connectivity index (χ4v) is 4.49. The summed E-state index contributed by atoms with van der Waals surface area (Å²) in [7, 11) is -4.22. The summed E-state index contributed by atoms with van der Waals surface area (Å²) < 4.78 is 59.2. The Kier molecular flexibility index (Phi) is 4.79. The molecule has 4 nitrogen and oxygen atoms in total. The molecule has 0 amide bonds. The Bertz CT molecular complexity index is 871. The van der Waals surface area contributed by atoms with Gasteiger partial charge in [0.05, 0.1) is 12.5 Å². The summed E-state index contributed by atoms with van der Waals surface area (Å²) >= 11 is 1.39. The van der Waals surface area contributed by atoms with Crippen LogP contribution >= 0.6 is 11.3 Å². The van der Waals surface area contributed by atoms with Gasteiger partial charge in [0.15, 0.2) is 0 Å². The van der Waals surface area contributed by atoms with E-state index in [-0.39, 0.29) is 13.1 Å². The van der Waals surface area contributed by atoms with E-state index in [1.54, 1.807) is 18.2 Å². The summed E-state index contributed by atoms with van der Waals surface area (Å²) in [6, 6.07) is 7.59. The van der Waals surface area contributed by atoms with E-state index in [0.717, 1.165) is 21.3 Å². The quantitative estimate of drug-likeness (QED) is 0.660. The van der Waals surface area contributed by atoms with E-state index >= 15 is 0 Å². The maximum absolute atomic E-state index is 14.0. The average Bonchev–Trinajstić information content (AvgIpc) is 3.22. The highest BCUT2D eigenvalue weighted by Crippen LogP contribution is 2.25. The van der Waals surface area contributed by atoms with E-state index in [2.05, 4.69) is 0 Å². The summed E-state index contributed by atoms with van der Waals surface area (Å²) in [5.74, 6) is -1.80. The Hall–Kier alpha value is -2.03. The lowest BCUT2D eigenvalue weighted by Crippen LogP contribution is -2.30. The Labute approximate surface area is 142 Å². The van der Waals surface area contributed by atoms with Gasteiger partial charge in [-0.15, -0.1) is 11.3 Å². The first-order valence-corrected chi connectivity index (χ1v) is 9.27. The van der Waals surface area contributed by atoms with Gasteiger partial charge in [0.25, 0.3) is 0 Å². The zero-order chi connectivity index (χ0) is 17.2. The smallest absolute Gasteiger partial charge is 0.246 e. The minimum atomic E-state index is -4.22. The van der Waals surface area contributed by atoms with Crippen LogP contribution in [-0.2, 0) is 23.1 Å². The van der Waals surface area contributed by atoms with Crippen LogP contribution in [0, 0.1) is 11.6 Å². The van der Waals surface area contributed by atoms with Crippen LogP contribution in [0.5, 0.6) is 0 Å². The van der Waals surface area contributed by atoms with Crippen LogP contribution in [0.3, 0.4) is 0 Å². The Morgan fingerprint density at radius 2 is 1.96 bits per heavy atom. The first kappa shape index (κ1) is 16.8. The summed E-state index contributed by atoms with van der Waals surface area (Å²) in [4.78, 5) is 0.112. The van der Waals surface area contributed by atoms with Gasteiger partial charge in [-0.1, -0.05) is 6.07 Å². The van der Waals surface area contributed by atoms with E-state index in [4.69, 9.17) is 4.42 Å². The van der Waals surface area contributed by atoms with Crippen LogP contribution in [0.25, 0.3) is 0 Å². The van der Waals surface area contributed by atoms with Gasteiger partial charge in [-0.25, -0.2) is 17.2 Å². The number of thiophene rings is 1. The van der Waals surface area contributed by atoms with Gasteiger partial charge in [0.1, 0.15) is 16.5 Å². The second kappa shape index (κ2) is 6.84. The first-order valence-electron chi connectivity index (χ1n) is 6.95. The number of hydrogen-bond acceptors (Lipinski definition) is 4. The van der Waals surface area contributed by atoms with E-state index in [0.29, 0.717) is 11.6 Å². The molecular weight excluding hydrogens is 356 g/mol. The number of halogens is 2. The van der Waals surface area contributed by atoms with Gasteiger partial charge in [-0.3, -0.25) is 0 Å². The molecule has 0 aliphatic heterocycles. The van der Waals surface area contributed by atoms with Crippen molar-refractivity contribution in [2.75, 3.05) is 0 Å². The van der Waals surface area contributed by atoms with Gasteiger partial charge >= 0.3 is 0 Å². The third-order valence-corrected chi connectivity index (χ3v) is 6.03. The fraction of sp³-hybridized carbons (Fsp3) is 0.125. The number of sulfonamides is 1. The molecule has 2 aromatic heterocycles. The Morgan fingerprint density at radius 3 is 2.62 bits per heavy atom. The lowest BCUT2D eigenvalue weighted by atomic mass is 10.3. The molecule has 0 aliphatic carbocycles. The van der Waals surface area contributed by atoms with Crippen molar-refractivity contribution in [3.8, 4) is 0 Å². The molecule has 0 N–H and O–H groups in total. The molecule has 2 heterocycles. The molecule has 0 aliphatic rings. The monoisotopic (exact) mass is 369 g/mol. The van der Waals surface area contributed by atoms with Crippen LogP contribution in [0.15, 0.2) is 63.6 Å². The van der Waals surface area contributed by atoms with E-state index < -0.39 is 26.6 Å². The maximum atomic E-state index is 14.0. The Balaban J connectivity index is 2.00. The second-order valence-electron chi connectivity index (χ2n) is 5.06. The number of hydrogen-bond donors (Lipinski definition) is 0. The molecule has 0 fully saturated rings. The number of furan rings is 1. The largest absolute Gasteiger partial charge is 0.472 e. The van der Waals surface area contributed by atoms with Crippen molar-refractivity contribution in [3.05, 3.63) is 76.4 Å². The van der Waals surface area contributed by atoms with Gasteiger partial charge in [0.2, 0.25) is 10.0 Å². The molecule has 24 heavy (non-hydrogen) atoms. The number of rotatable bonds is 6. The van der Waals surface area contributed by atoms with Gasteiger partial charge in [-0.2, -0.15) is 4.31 Å². The molecule has 0 atom stereocenters. The molecule has 1 aromatic carbocycles. The summed E-state index contributed by atoms with van der Waals surface area (Å²) in [5.41, 5.74) is 0.618. The standard InChI is InChI=1S/C16H13F2NO3S2/c17-13-3-4-15(18)16(8-13)24(20,21)19(9-12-5-6-22-11-12)10-14-2-1-7-23-14/h1-8,11H,9-10H2. The zero-order valence-corrected chi connectivity index (χ0v) is 14.0. The predicted octanol–water partition coefficient (Wildman–Crippen LogP) is 4.01. The summed E-state index contributed by atoms with van der Waals surface area (Å²) in [5, 5.41) is 1.82. The highest BCUT2D eigenvalue weighted by Gasteiger charge is 2.29. The van der Waals surface area contributed by atoms with Crippen LogP contribution in [-0.4, -0.2) is 12.7 Å². The lowest BCUT2D eigenvalue weighted by molar-refractivity contribution is 0.398. The van der Waals surface area contributed by atoms with Crippen molar-refractivity contribution in [1.29, 1.82) is 0 Å². The minimum absolute atomic E-state index is 0.00726. The molecular formula is C16H13F2NO3S2. The molecule has 0 unspecified atom stereocenters. The first-order chi connectivity index (χ1) is 11.5. The summed E-state index contributed by atoms with van der Waals surface area (Å²) in [6.07, 6.45) is 2.84. The lowest BCUT2D eigenvalue weighted by Gasteiger charge is -2.21.